The number of benzene rings is 2. The van der Waals surface area contributed by atoms with Crippen LogP contribution in [-0.2, 0) is 17.7 Å². The topological polar surface area (TPSA) is 126 Å². The largest absolute Gasteiger partial charge is 0.506 e. The van der Waals surface area contributed by atoms with Gasteiger partial charge in [0.15, 0.2) is 0 Å². The van der Waals surface area contributed by atoms with Crippen molar-refractivity contribution in [3.8, 4) is 5.75 Å². The van der Waals surface area contributed by atoms with Crippen molar-refractivity contribution in [2.45, 2.75) is 39.3 Å². The van der Waals surface area contributed by atoms with E-state index in [1.165, 1.54) is 23.1 Å². The number of nitrogens with zero attached hydrogens (tertiary/aromatic N) is 2. The van der Waals surface area contributed by atoms with Gasteiger partial charge in [0.25, 0.3) is 5.69 Å². The lowest BCUT2D eigenvalue weighted by molar-refractivity contribution is -0.384. The summed E-state index contributed by atoms with van der Waals surface area (Å²) in [7, 11) is 0. The number of H-pyrrole nitrogens is 1. The van der Waals surface area contributed by atoms with E-state index in [0.717, 1.165) is 22.5 Å². The van der Waals surface area contributed by atoms with Gasteiger partial charge in [0.1, 0.15) is 16.9 Å². The normalized spacial score (nSPS) is 11.5. The Kier molecular flexibility index (Phi) is 6.30. The van der Waals surface area contributed by atoms with Gasteiger partial charge in [-0.2, -0.15) is 0 Å². The van der Waals surface area contributed by atoms with E-state index in [-0.39, 0.29) is 29.4 Å². The Hall–Kier alpha value is -3.40. The van der Waals surface area contributed by atoms with Crippen molar-refractivity contribution in [2.24, 2.45) is 0 Å². The summed E-state index contributed by atoms with van der Waals surface area (Å²) >= 11 is 1.00. The molecule has 1 heterocycles. The molecule has 164 valence electrons. The Labute approximate surface area is 182 Å². The molecule has 9 nitrogen and oxygen atoms in total. The predicted molar refractivity (Wildman–Crippen MR) is 118 cm³/mol. The molecular weight excluding hydrogens is 422 g/mol. The minimum Gasteiger partial charge on any atom is -0.506 e. The Morgan fingerprint density at radius 3 is 2.52 bits per heavy atom. The van der Waals surface area contributed by atoms with Crippen LogP contribution in [0.1, 0.15) is 31.9 Å². The maximum atomic E-state index is 12.8. The summed E-state index contributed by atoms with van der Waals surface area (Å²) in [6.07, 6.45) is -0.0836. The molecule has 2 N–H and O–H groups in total. The van der Waals surface area contributed by atoms with Gasteiger partial charge in [-0.15, -0.1) is 0 Å². The number of aromatic amines is 1. The molecule has 2 aromatic carbocycles. The third-order valence-corrected chi connectivity index (χ3v) is 5.42. The van der Waals surface area contributed by atoms with E-state index in [1.807, 2.05) is 0 Å². The van der Waals surface area contributed by atoms with Crippen LogP contribution in [0, 0.1) is 10.1 Å². The fraction of sp³-hybridized carbons (Fsp3) is 0.333. The van der Waals surface area contributed by atoms with Crippen LogP contribution in [0.15, 0.2) is 41.2 Å². The van der Waals surface area contributed by atoms with Gasteiger partial charge < -0.3 is 19.7 Å². The van der Waals surface area contributed by atoms with Crippen LogP contribution >= 0.6 is 11.3 Å². The summed E-state index contributed by atoms with van der Waals surface area (Å²) < 4.78 is 6.16. The standard InChI is InChI=1S/C21H23N3O6S/c1-21(2,3)30-20(27)23(12-13-4-7-15(8-5-13)24(28)29)11-10-14-6-9-16(25)17-18(14)31-19(26)22-17/h4-9,25H,10-12H2,1-3H3,(H,22,26). The van der Waals surface area contributed by atoms with E-state index >= 15 is 0 Å². The number of nitro benzene ring substituents is 1. The first-order chi connectivity index (χ1) is 14.5. The predicted octanol–water partition coefficient (Wildman–Crippen LogP) is 4.18. The van der Waals surface area contributed by atoms with Crippen molar-refractivity contribution in [1.82, 2.24) is 9.88 Å². The second kappa shape index (κ2) is 8.76. The van der Waals surface area contributed by atoms with Crippen molar-refractivity contribution in [1.29, 1.82) is 0 Å². The molecule has 0 aliphatic rings. The lowest BCUT2D eigenvalue weighted by atomic mass is 10.1. The van der Waals surface area contributed by atoms with Gasteiger partial charge in [0, 0.05) is 25.2 Å². The average molecular weight is 445 g/mol. The summed E-state index contributed by atoms with van der Waals surface area (Å²) in [6, 6.07) is 9.22. The van der Waals surface area contributed by atoms with Crippen LogP contribution in [0.3, 0.4) is 0 Å². The molecule has 1 amide bonds. The van der Waals surface area contributed by atoms with Crippen molar-refractivity contribution < 1.29 is 19.6 Å². The van der Waals surface area contributed by atoms with E-state index in [4.69, 9.17) is 4.74 Å². The molecule has 0 saturated heterocycles. The molecule has 0 bridgehead atoms. The number of hydrogen-bond donors (Lipinski definition) is 2. The highest BCUT2D eigenvalue weighted by Gasteiger charge is 2.23. The van der Waals surface area contributed by atoms with Crippen LogP contribution in [0.2, 0.25) is 0 Å². The van der Waals surface area contributed by atoms with Gasteiger partial charge in [0.05, 0.1) is 9.62 Å². The molecule has 31 heavy (non-hydrogen) atoms. The minimum absolute atomic E-state index is 0.00743. The van der Waals surface area contributed by atoms with Crippen LogP contribution in [0.25, 0.3) is 10.2 Å². The summed E-state index contributed by atoms with van der Waals surface area (Å²) in [5.41, 5.74) is 1.21. The molecule has 3 rings (SSSR count). The zero-order chi connectivity index (χ0) is 22.8. The number of carbonyl (C=O) groups is 1. The smallest absolute Gasteiger partial charge is 0.410 e. The third-order valence-electron chi connectivity index (χ3n) is 4.46. The van der Waals surface area contributed by atoms with Gasteiger partial charge in [-0.3, -0.25) is 14.9 Å². The minimum atomic E-state index is -0.684. The van der Waals surface area contributed by atoms with Crippen molar-refractivity contribution in [3.05, 3.63) is 67.3 Å². The van der Waals surface area contributed by atoms with Crippen LogP contribution < -0.4 is 4.87 Å². The monoisotopic (exact) mass is 445 g/mol. The SMILES string of the molecule is CC(C)(C)OC(=O)N(CCc1ccc(O)c2[nH]c(=O)sc12)Cc1ccc([N+](=O)[O-])cc1. The van der Waals surface area contributed by atoms with Crippen molar-refractivity contribution >= 4 is 33.3 Å². The van der Waals surface area contributed by atoms with Crippen molar-refractivity contribution in [2.75, 3.05) is 6.54 Å². The second-order valence-electron chi connectivity index (χ2n) is 8.04. The van der Waals surface area contributed by atoms with Gasteiger partial charge in [-0.1, -0.05) is 29.5 Å². The first-order valence-electron chi connectivity index (χ1n) is 9.58. The number of rotatable bonds is 6. The molecule has 3 aromatic rings. The number of non-ortho nitro benzene ring substituents is 1. The third kappa shape index (κ3) is 5.60. The number of aromatic hydroxyl groups is 1. The highest BCUT2D eigenvalue weighted by molar-refractivity contribution is 7.16. The Morgan fingerprint density at radius 2 is 1.90 bits per heavy atom. The number of phenolic OH excluding ortho intramolecular Hbond substituents is 1. The lowest BCUT2D eigenvalue weighted by Gasteiger charge is -2.27. The fourth-order valence-electron chi connectivity index (χ4n) is 3.03. The number of hydrogen-bond acceptors (Lipinski definition) is 7. The highest BCUT2D eigenvalue weighted by atomic mass is 32.1. The Morgan fingerprint density at radius 1 is 1.23 bits per heavy atom. The molecule has 0 atom stereocenters. The fourth-order valence-corrected chi connectivity index (χ4v) is 3.93. The molecule has 10 heteroatoms. The van der Waals surface area contributed by atoms with Gasteiger partial charge in [-0.05, 0) is 44.4 Å². The maximum absolute atomic E-state index is 12.8. The zero-order valence-electron chi connectivity index (χ0n) is 17.4. The number of aromatic nitrogens is 1. The number of ether oxygens (including phenoxy) is 1. The summed E-state index contributed by atoms with van der Waals surface area (Å²) in [5, 5.41) is 20.8. The molecule has 0 saturated carbocycles. The van der Waals surface area contributed by atoms with Crippen LogP contribution in [-0.4, -0.2) is 38.2 Å². The van der Waals surface area contributed by atoms with Crippen LogP contribution in [0.4, 0.5) is 10.5 Å². The number of amides is 1. The summed E-state index contributed by atoms with van der Waals surface area (Å²) in [6.45, 7) is 5.82. The highest BCUT2D eigenvalue weighted by Crippen LogP contribution is 2.28. The first-order valence-corrected chi connectivity index (χ1v) is 10.4. The number of carbonyl (C=O) groups excluding carboxylic acids is 1. The first kappa shape index (κ1) is 22.3. The zero-order valence-corrected chi connectivity index (χ0v) is 18.2. The molecule has 1 aromatic heterocycles. The van der Waals surface area contributed by atoms with E-state index in [9.17, 15) is 24.8 Å². The van der Waals surface area contributed by atoms with Gasteiger partial charge in [0.2, 0.25) is 0 Å². The molecule has 0 aliphatic heterocycles. The molecule has 0 radical (unpaired) electrons. The second-order valence-corrected chi connectivity index (χ2v) is 9.02. The van der Waals surface area contributed by atoms with E-state index in [0.29, 0.717) is 16.6 Å². The summed E-state index contributed by atoms with van der Waals surface area (Å²) in [5.74, 6) is -0.00743. The van der Waals surface area contributed by atoms with E-state index in [1.54, 1.807) is 39.0 Å². The summed E-state index contributed by atoms with van der Waals surface area (Å²) in [4.78, 5) is 38.8. The number of nitro groups is 1. The number of nitrogens with one attached hydrogen (secondary N) is 1. The quantitative estimate of drug-likeness (QED) is 0.433. The van der Waals surface area contributed by atoms with Gasteiger partial charge >= 0.3 is 11.0 Å². The maximum Gasteiger partial charge on any atom is 0.410 e. The average Bonchev–Trinajstić information content (AvgIpc) is 3.08. The van der Waals surface area contributed by atoms with Crippen LogP contribution in [0.5, 0.6) is 5.75 Å². The van der Waals surface area contributed by atoms with E-state index in [2.05, 4.69) is 4.98 Å². The molecule has 0 spiro atoms. The number of phenols is 1. The molecule has 0 fully saturated rings. The van der Waals surface area contributed by atoms with Gasteiger partial charge in [-0.25, -0.2) is 4.79 Å². The number of thiazole rings is 1. The van der Waals surface area contributed by atoms with E-state index < -0.39 is 16.6 Å². The molecular formula is C21H23N3O6S. The molecule has 0 aliphatic carbocycles. The Bertz CT molecular complexity index is 1160. The Balaban J connectivity index is 1.83. The molecule has 0 unspecified atom stereocenters. The lowest BCUT2D eigenvalue weighted by Crippen LogP contribution is -2.37. The van der Waals surface area contributed by atoms with Crippen molar-refractivity contribution in [3.63, 3.8) is 0 Å². The number of fused-ring (bicyclic) bond motifs is 1.